The van der Waals surface area contributed by atoms with Gasteiger partial charge >= 0.3 is 11.1 Å². The third kappa shape index (κ3) is 3.48. The molecule has 0 amide bonds. The number of hydrogen-bond acceptors (Lipinski definition) is 5. The van der Waals surface area contributed by atoms with E-state index in [0.29, 0.717) is 17.1 Å². The molecule has 2 rings (SSSR count). The topological polar surface area (TPSA) is 79.8 Å². The van der Waals surface area contributed by atoms with Gasteiger partial charge in [0.2, 0.25) is 0 Å². The Hall–Kier alpha value is -1.08. The summed E-state index contributed by atoms with van der Waals surface area (Å²) in [5.41, 5.74) is -1.39. The fourth-order valence-electron chi connectivity index (χ4n) is 2.57. The number of rotatable bonds is 5. The monoisotopic (exact) mass is 284 g/mol. The van der Waals surface area contributed by atoms with Crippen LogP contribution in [0.25, 0.3) is 0 Å². The van der Waals surface area contributed by atoms with Crippen LogP contribution in [0.2, 0.25) is 0 Å². The molecule has 106 valence electrons. The predicted octanol–water partition coefficient (Wildman–Crippen LogP) is 0.339. The highest BCUT2D eigenvalue weighted by Crippen LogP contribution is 2.29. The zero-order chi connectivity index (χ0) is 13.8. The molecule has 1 aromatic rings. The average Bonchev–Trinajstić information content (AvgIpc) is 2.90. The van der Waals surface area contributed by atoms with E-state index in [1.807, 2.05) is 7.05 Å². The highest BCUT2D eigenvalue weighted by Gasteiger charge is 2.24. The van der Waals surface area contributed by atoms with Crippen molar-refractivity contribution >= 4 is 11.8 Å². The SMILES string of the molecule is CNC(CSc1nc(=O)c(=O)[nH]n1C)C1CCCC1. The molecule has 0 saturated heterocycles. The lowest BCUT2D eigenvalue weighted by Gasteiger charge is -2.22. The van der Waals surface area contributed by atoms with Gasteiger partial charge in [-0.25, -0.2) is 0 Å². The molecule has 1 aliphatic carbocycles. The first-order valence-corrected chi connectivity index (χ1v) is 7.58. The molecule has 1 aliphatic rings. The van der Waals surface area contributed by atoms with Crippen molar-refractivity contribution < 1.29 is 0 Å². The lowest BCUT2D eigenvalue weighted by Crippen LogP contribution is -2.36. The smallest absolute Gasteiger partial charge is 0.316 e. The van der Waals surface area contributed by atoms with Crippen molar-refractivity contribution in [3.63, 3.8) is 0 Å². The summed E-state index contributed by atoms with van der Waals surface area (Å²) in [5.74, 6) is 1.56. The summed E-state index contributed by atoms with van der Waals surface area (Å²) in [6.07, 6.45) is 5.15. The molecule has 1 atom stereocenters. The van der Waals surface area contributed by atoms with E-state index in [0.717, 1.165) is 5.75 Å². The van der Waals surface area contributed by atoms with E-state index < -0.39 is 11.1 Å². The molecule has 1 heterocycles. The Kier molecular flexibility index (Phi) is 4.81. The molecule has 0 radical (unpaired) electrons. The van der Waals surface area contributed by atoms with Crippen LogP contribution >= 0.6 is 11.8 Å². The van der Waals surface area contributed by atoms with Gasteiger partial charge in [-0.2, -0.15) is 4.98 Å². The molecule has 19 heavy (non-hydrogen) atoms. The zero-order valence-electron chi connectivity index (χ0n) is 11.3. The first kappa shape index (κ1) is 14.3. The highest BCUT2D eigenvalue weighted by atomic mass is 32.2. The molecule has 0 spiro atoms. The van der Waals surface area contributed by atoms with Crippen molar-refractivity contribution in [2.24, 2.45) is 13.0 Å². The minimum absolute atomic E-state index is 0.427. The molecule has 0 aliphatic heterocycles. The van der Waals surface area contributed by atoms with Crippen molar-refractivity contribution in [3.05, 3.63) is 20.7 Å². The van der Waals surface area contributed by atoms with E-state index in [2.05, 4.69) is 15.4 Å². The van der Waals surface area contributed by atoms with Crippen LogP contribution in [0.5, 0.6) is 0 Å². The van der Waals surface area contributed by atoms with E-state index in [1.165, 1.54) is 42.1 Å². The number of aryl methyl sites for hydroxylation is 1. The third-order valence-electron chi connectivity index (χ3n) is 3.68. The Morgan fingerprint density at radius 1 is 1.47 bits per heavy atom. The molecule has 1 unspecified atom stereocenters. The highest BCUT2D eigenvalue weighted by molar-refractivity contribution is 7.99. The van der Waals surface area contributed by atoms with Gasteiger partial charge in [0.25, 0.3) is 0 Å². The van der Waals surface area contributed by atoms with E-state index in [9.17, 15) is 9.59 Å². The van der Waals surface area contributed by atoms with Crippen LogP contribution in [0, 0.1) is 5.92 Å². The molecule has 0 bridgehead atoms. The number of aromatic nitrogens is 3. The third-order valence-corrected chi connectivity index (χ3v) is 4.83. The molecular formula is C12H20N4O2S. The van der Waals surface area contributed by atoms with Crippen molar-refractivity contribution in [1.29, 1.82) is 0 Å². The number of thioether (sulfide) groups is 1. The fraction of sp³-hybridized carbons (Fsp3) is 0.750. The van der Waals surface area contributed by atoms with Gasteiger partial charge < -0.3 is 5.32 Å². The zero-order valence-corrected chi connectivity index (χ0v) is 12.1. The second-order valence-corrected chi connectivity index (χ2v) is 5.94. The summed E-state index contributed by atoms with van der Waals surface area (Å²) in [6, 6.07) is 0.427. The molecule has 7 heteroatoms. The van der Waals surface area contributed by atoms with E-state index in [-0.39, 0.29) is 0 Å². The number of nitrogens with one attached hydrogen (secondary N) is 2. The van der Waals surface area contributed by atoms with Gasteiger partial charge in [-0.1, -0.05) is 24.6 Å². The van der Waals surface area contributed by atoms with Crippen LogP contribution in [-0.4, -0.2) is 33.6 Å². The van der Waals surface area contributed by atoms with Crippen molar-refractivity contribution in [3.8, 4) is 0 Å². The Labute approximate surface area is 116 Å². The van der Waals surface area contributed by atoms with Crippen LogP contribution < -0.4 is 16.4 Å². The molecule has 2 N–H and O–H groups in total. The standard InChI is InChI=1S/C12H20N4O2S/c1-13-9(8-5-3-4-6-8)7-19-12-14-10(17)11(18)15-16(12)2/h8-9,13H,3-7H2,1-2H3,(H,15,18). The maximum Gasteiger partial charge on any atom is 0.339 e. The summed E-state index contributed by atoms with van der Waals surface area (Å²) in [4.78, 5) is 26.2. The summed E-state index contributed by atoms with van der Waals surface area (Å²) < 4.78 is 1.51. The number of nitrogens with zero attached hydrogens (tertiary/aromatic N) is 2. The van der Waals surface area contributed by atoms with Crippen LogP contribution in [0.3, 0.4) is 0 Å². The molecule has 6 nitrogen and oxygen atoms in total. The molecular weight excluding hydrogens is 264 g/mol. The van der Waals surface area contributed by atoms with Crippen LogP contribution in [0.4, 0.5) is 0 Å². The average molecular weight is 284 g/mol. The molecule has 1 fully saturated rings. The van der Waals surface area contributed by atoms with Crippen molar-refractivity contribution in [2.45, 2.75) is 36.9 Å². The summed E-state index contributed by atoms with van der Waals surface area (Å²) in [7, 11) is 3.67. The number of hydrogen-bond donors (Lipinski definition) is 2. The lowest BCUT2D eigenvalue weighted by atomic mass is 10.0. The minimum Gasteiger partial charge on any atom is -0.316 e. The molecule has 1 aromatic heterocycles. The number of H-pyrrole nitrogens is 1. The normalized spacial score (nSPS) is 17.8. The van der Waals surface area contributed by atoms with Crippen LogP contribution in [-0.2, 0) is 7.05 Å². The Balaban J connectivity index is 2.02. The Morgan fingerprint density at radius 3 is 2.79 bits per heavy atom. The maximum atomic E-state index is 11.3. The quantitative estimate of drug-likeness (QED) is 0.602. The fourth-order valence-corrected chi connectivity index (χ4v) is 3.72. The molecule has 0 aromatic carbocycles. The lowest BCUT2D eigenvalue weighted by molar-refractivity contribution is 0.410. The summed E-state index contributed by atoms with van der Waals surface area (Å²) in [6.45, 7) is 0. The minimum atomic E-state index is -0.720. The Bertz CT molecular complexity index is 533. The van der Waals surface area contributed by atoms with Gasteiger partial charge in [-0.3, -0.25) is 19.4 Å². The second kappa shape index (κ2) is 6.38. The van der Waals surface area contributed by atoms with Gasteiger partial charge in [0.15, 0.2) is 5.16 Å². The summed E-state index contributed by atoms with van der Waals surface area (Å²) in [5, 5.41) is 6.37. The number of aromatic amines is 1. The summed E-state index contributed by atoms with van der Waals surface area (Å²) >= 11 is 1.51. The maximum absolute atomic E-state index is 11.3. The van der Waals surface area contributed by atoms with Gasteiger partial charge in [0.05, 0.1) is 0 Å². The Morgan fingerprint density at radius 2 is 2.16 bits per heavy atom. The van der Waals surface area contributed by atoms with E-state index in [4.69, 9.17) is 0 Å². The van der Waals surface area contributed by atoms with Crippen LogP contribution in [0.1, 0.15) is 25.7 Å². The van der Waals surface area contributed by atoms with Gasteiger partial charge in [0, 0.05) is 18.8 Å². The molecule has 1 saturated carbocycles. The second-order valence-electron chi connectivity index (χ2n) is 4.95. The predicted molar refractivity (Wildman–Crippen MR) is 75.6 cm³/mol. The van der Waals surface area contributed by atoms with Gasteiger partial charge in [-0.05, 0) is 25.8 Å². The first-order chi connectivity index (χ1) is 9.11. The van der Waals surface area contributed by atoms with Crippen LogP contribution in [0.15, 0.2) is 14.7 Å². The van der Waals surface area contributed by atoms with Gasteiger partial charge in [-0.15, -0.1) is 0 Å². The largest absolute Gasteiger partial charge is 0.339 e. The first-order valence-electron chi connectivity index (χ1n) is 6.59. The van der Waals surface area contributed by atoms with Gasteiger partial charge in [0.1, 0.15) is 0 Å². The van der Waals surface area contributed by atoms with Crippen molar-refractivity contribution in [1.82, 2.24) is 20.1 Å². The van der Waals surface area contributed by atoms with E-state index in [1.54, 1.807) is 7.05 Å². The van der Waals surface area contributed by atoms with Crippen molar-refractivity contribution in [2.75, 3.05) is 12.8 Å². The van der Waals surface area contributed by atoms with E-state index >= 15 is 0 Å².